The van der Waals surface area contributed by atoms with Crippen molar-refractivity contribution in [2.45, 2.75) is 65.0 Å². The van der Waals surface area contributed by atoms with Gasteiger partial charge < -0.3 is 10.1 Å². The molecule has 5 nitrogen and oxygen atoms in total. The standard InChI is InChI=1S/C19H29N3O2/c1-12-5-7-15(8-6-12)11-17(23)20-16-9-10-24-19(16)18-13(2)21-22(4)14(18)3/h11-12,16,19H,5-10H2,1-4H3,(H,20,23)/t12?,16-,19-/m0/s1. The van der Waals surface area contributed by atoms with E-state index in [1.54, 1.807) is 0 Å². The van der Waals surface area contributed by atoms with Crippen LogP contribution in [0.2, 0.25) is 0 Å². The van der Waals surface area contributed by atoms with Crippen molar-refractivity contribution in [2.24, 2.45) is 13.0 Å². The molecule has 1 saturated carbocycles. The molecule has 0 spiro atoms. The van der Waals surface area contributed by atoms with Gasteiger partial charge in [0.05, 0.1) is 11.7 Å². The van der Waals surface area contributed by atoms with Crippen LogP contribution in [0.3, 0.4) is 0 Å². The minimum absolute atomic E-state index is 0.0264. The van der Waals surface area contributed by atoms with Crippen LogP contribution in [-0.4, -0.2) is 28.3 Å². The monoisotopic (exact) mass is 331 g/mol. The zero-order valence-electron chi connectivity index (χ0n) is 15.3. The summed E-state index contributed by atoms with van der Waals surface area (Å²) in [5.74, 6) is 0.814. The molecule has 1 amide bonds. The normalized spacial score (nSPS) is 27.3. The second-order valence-electron chi connectivity index (χ2n) is 7.39. The van der Waals surface area contributed by atoms with E-state index in [1.165, 1.54) is 18.4 Å². The molecular formula is C19H29N3O2. The number of hydrogen-bond acceptors (Lipinski definition) is 3. The topological polar surface area (TPSA) is 56.1 Å². The van der Waals surface area contributed by atoms with Gasteiger partial charge in [-0.25, -0.2) is 0 Å². The molecule has 3 rings (SSSR count). The molecule has 0 radical (unpaired) electrons. The Bertz CT molecular complexity index is 637. The predicted octanol–water partition coefficient (Wildman–Crippen LogP) is 3.12. The molecule has 132 valence electrons. The summed E-state index contributed by atoms with van der Waals surface area (Å²) >= 11 is 0. The number of carbonyl (C=O) groups excluding carboxylic acids is 1. The summed E-state index contributed by atoms with van der Waals surface area (Å²) in [6.45, 7) is 7.03. The minimum atomic E-state index is -0.0903. The first-order valence-electron chi connectivity index (χ1n) is 9.07. The van der Waals surface area contributed by atoms with Crippen LogP contribution >= 0.6 is 0 Å². The molecule has 1 N–H and O–H groups in total. The molecule has 1 aromatic heterocycles. The van der Waals surface area contributed by atoms with Gasteiger partial charge in [-0.3, -0.25) is 9.48 Å². The van der Waals surface area contributed by atoms with Crippen LogP contribution in [0.15, 0.2) is 11.6 Å². The number of allylic oxidation sites excluding steroid dienone is 1. The molecule has 0 aromatic carbocycles. The summed E-state index contributed by atoms with van der Waals surface area (Å²) in [6, 6.07) is 0.0264. The lowest BCUT2D eigenvalue weighted by Crippen LogP contribution is -2.36. The van der Waals surface area contributed by atoms with E-state index in [0.29, 0.717) is 6.61 Å². The number of aromatic nitrogens is 2. The van der Waals surface area contributed by atoms with Crippen LogP contribution in [0.4, 0.5) is 0 Å². The van der Waals surface area contributed by atoms with Gasteiger partial charge in [0.2, 0.25) is 5.91 Å². The first-order valence-corrected chi connectivity index (χ1v) is 9.07. The van der Waals surface area contributed by atoms with Gasteiger partial charge in [-0.05, 0) is 51.9 Å². The first-order chi connectivity index (χ1) is 11.5. The Balaban J connectivity index is 1.68. The number of aryl methyl sites for hydroxylation is 2. The fourth-order valence-electron chi connectivity index (χ4n) is 3.91. The number of nitrogens with one attached hydrogen (secondary N) is 1. The third kappa shape index (κ3) is 3.56. The Hall–Kier alpha value is -1.62. The molecule has 2 aliphatic rings. The van der Waals surface area contributed by atoms with E-state index in [9.17, 15) is 4.79 Å². The maximum Gasteiger partial charge on any atom is 0.244 e. The van der Waals surface area contributed by atoms with Crippen LogP contribution in [0.25, 0.3) is 0 Å². The van der Waals surface area contributed by atoms with Crippen molar-refractivity contribution in [3.05, 3.63) is 28.6 Å². The molecule has 24 heavy (non-hydrogen) atoms. The highest BCUT2D eigenvalue weighted by molar-refractivity contribution is 5.88. The van der Waals surface area contributed by atoms with Crippen molar-refractivity contribution in [3.8, 4) is 0 Å². The maximum atomic E-state index is 12.4. The lowest BCUT2D eigenvalue weighted by molar-refractivity contribution is -0.117. The van der Waals surface area contributed by atoms with Gasteiger partial charge >= 0.3 is 0 Å². The highest BCUT2D eigenvalue weighted by Crippen LogP contribution is 2.33. The van der Waals surface area contributed by atoms with Crippen molar-refractivity contribution in [1.82, 2.24) is 15.1 Å². The number of ether oxygens (including phenoxy) is 1. The molecule has 2 atom stereocenters. The van der Waals surface area contributed by atoms with Crippen LogP contribution in [-0.2, 0) is 16.6 Å². The van der Waals surface area contributed by atoms with Gasteiger partial charge in [-0.15, -0.1) is 0 Å². The molecule has 2 fully saturated rings. The molecule has 1 aliphatic heterocycles. The molecule has 5 heteroatoms. The van der Waals surface area contributed by atoms with E-state index in [-0.39, 0.29) is 18.1 Å². The molecule has 2 heterocycles. The van der Waals surface area contributed by atoms with Crippen LogP contribution in [0.5, 0.6) is 0 Å². The van der Waals surface area contributed by atoms with Crippen LogP contribution in [0, 0.1) is 19.8 Å². The second-order valence-corrected chi connectivity index (χ2v) is 7.39. The Kier molecular flexibility index (Phi) is 5.09. The summed E-state index contributed by atoms with van der Waals surface area (Å²) in [5, 5.41) is 7.65. The zero-order chi connectivity index (χ0) is 17.3. The number of amides is 1. The highest BCUT2D eigenvalue weighted by Gasteiger charge is 2.34. The largest absolute Gasteiger partial charge is 0.371 e. The van der Waals surface area contributed by atoms with Gasteiger partial charge in [-0.1, -0.05) is 12.5 Å². The Morgan fingerprint density at radius 2 is 2.00 bits per heavy atom. The predicted molar refractivity (Wildman–Crippen MR) is 93.6 cm³/mol. The molecule has 1 saturated heterocycles. The van der Waals surface area contributed by atoms with Crippen LogP contribution < -0.4 is 5.32 Å². The fourth-order valence-corrected chi connectivity index (χ4v) is 3.91. The zero-order valence-corrected chi connectivity index (χ0v) is 15.3. The van der Waals surface area contributed by atoms with Crippen molar-refractivity contribution >= 4 is 5.91 Å². The molecule has 1 aromatic rings. The molecular weight excluding hydrogens is 302 g/mol. The molecule has 0 unspecified atom stereocenters. The Morgan fingerprint density at radius 3 is 2.62 bits per heavy atom. The summed E-state index contributed by atoms with van der Waals surface area (Å²) in [4.78, 5) is 12.4. The summed E-state index contributed by atoms with van der Waals surface area (Å²) in [5.41, 5.74) is 4.51. The highest BCUT2D eigenvalue weighted by atomic mass is 16.5. The van der Waals surface area contributed by atoms with Crippen molar-refractivity contribution in [3.63, 3.8) is 0 Å². The number of hydrogen-bond donors (Lipinski definition) is 1. The lowest BCUT2D eigenvalue weighted by Gasteiger charge is -2.22. The summed E-state index contributed by atoms with van der Waals surface area (Å²) in [6.07, 6.45) is 7.09. The van der Waals surface area contributed by atoms with E-state index in [0.717, 1.165) is 42.1 Å². The van der Waals surface area contributed by atoms with Gasteiger partial charge in [0.25, 0.3) is 0 Å². The molecule has 0 bridgehead atoms. The van der Waals surface area contributed by atoms with Gasteiger partial charge in [-0.2, -0.15) is 5.10 Å². The number of carbonyl (C=O) groups is 1. The second kappa shape index (κ2) is 7.09. The fraction of sp³-hybridized carbons (Fsp3) is 0.684. The SMILES string of the molecule is Cc1nn(C)c(C)c1[C@H]1OCC[C@@H]1NC(=O)C=C1CCC(C)CC1. The maximum absolute atomic E-state index is 12.4. The van der Waals surface area contributed by atoms with Crippen molar-refractivity contribution < 1.29 is 9.53 Å². The van der Waals surface area contributed by atoms with E-state index < -0.39 is 0 Å². The first kappa shape index (κ1) is 17.2. The lowest BCUT2D eigenvalue weighted by atomic mass is 9.87. The average Bonchev–Trinajstić information content (AvgIpc) is 3.06. The third-order valence-electron chi connectivity index (χ3n) is 5.52. The minimum Gasteiger partial charge on any atom is -0.371 e. The van der Waals surface area contributed by atoms with E-state index in [2.05, 4.69) is 24.3 Å². The van der Waals surface area contributed by atoms with Gasteiger partial charge in [0, 0.05) is 31.0 Å². The van der Waals surface area contributed by atoms with Gasteiger partial charge in [0.15, 0.2) is 0 Å². The average molecular weight is 331 g/mol. The summed E-state index contributed by atoms with van der Waals surface area (Å²) < 4.78 is 7.83. The van der Waals surface area contributed by atoms with Crippen molar-refractivity contribution in [1.29, 1.82) is 0 Å². The Labute approximate surface area is 144 Å². The summed E-state index contributed by atoms with van der Waals surface area (Å²) in [7, 11) is 1.95. The molecule has 1 aliphatic carbocycles. The smallest absolute Gasteiger partial charge is 0.244 e. The quantitative estimate of drug-likeness (QED) is 0.866. The van der Waals surface area contributed by atoms with E-state index >= 15 is 0 Å². The Morgan fingerprint density at radius 1 is 1.29 bits per heavy atom. The van der Waals surface area contributed by atoms with Crippen molar-refractivity contribution in [2.75, 3.05) is 6.61 Å². The number of rotatable bonds is 3. The third-order valence-corrected chi connectivity index (χ3v) is 5.52. The number of nitrogens with zero attached hydrogens (tertiary/aromatic N) is 2. The van der Waals surface area contributed by atoms with Crippen LogP contribution in [0.1, 0.15) is 62.1 Å². The van der Waals surface area contributed by atoms with Gasteiger partial charge in [0.1, 0.15) is 6.10 Å². The van der Waals surface area contributed by atoms with E-state index in [4.69, 9.17) is 4.74 Å². The van der Waals surface area contributed by atoms with E-state index in [1.807, 2.05) is 24.7 Å².